The van der Waals surface area contributed by atoms with Crippen LogP contribution in [0.15, 0.2) is 23.8 Å². The number of aryl methyl sites for hydroxylation is 1. The van der Waals surface area contributed by atoms with Gasteiger partial charge in [-0.05, 0) is 67.4 Å². The Kier molecular flexibility index (Phi) is 3.97. The molecule has 0 aromatic heterocycles. The first-order chi connectivity index (χ1) is 9.79. The van der Waals surface area contributed by atoms with Crippen LogP contribution in [0.3, 0.4) is 0 Å². The maximum atomic E-state index is 10.7. The van der Waals surface area contributed by atoms with Gasteiger partial charge < -0.3 is 14.6 Å². The maximum absolute atomic E-state index is 10.7. The Bertz CT molecular complexity index is 513. The Morgan fingerprint density at radius 1 is 1.20 bits per heavy atom. The molecule has 20 heavy (non-hydrogen) atoms. The van der Waals surface area contributed by atoms with E-state index in [1.165, 1.54) is 11.1 Å². The summed E-state index contributed by atoms with van der Waals surface area (Å²) in [5.74, 6) is 1.86. The van der Waals surface area contributed by atoms with Crippen molar-refractivity contribution < 1.29 is 14.6 Å². The van der Waals surface area contributed by atoms with Crippen molar-refractivity contribution >= 4 is 5.76 Å². The SMILES string of the molecule is COc1ccc2c(c1)CCCC(C1CCOCC1)=C2O. The van der Waals surface area contributed by atoms with Gasteiger partial charge in [-0.2, -0.15) is 0 Å². The zero-order valence-electron chi connectivity index (χ0n) is 12.0. The Morgan fingerprint density at radius 2 is 2.00 bits per heavy atom. The van der Waals surface area contributed by atoms with Gasteiger partial charge in [0.2, 0.25) is 0 Å². The number of aliphatic hydroxyl groups excluding tert-OH is 1. The predicted molar refractivity (Wildman–Crippen MR) is 79.0 cm³/mol. The van der Waals surface area contributed by atoms with Crippen molar-refractivity contribution in [3.05, 3.63) is 34.9 Å². The van der Waals surface area contributed by atoms with Gasteiger partial charge >= 0.3 is 0 Å². The normalized spacial score (nSPS) is 20.4. The highest BCUT2D eigenvalue weighted by Gasteiger charge is 2.25. The molecular weight excluding hydrogens is 252 g/mol. The number of hydrogen-bond donors (Lipinski definition) is 1. The average molecular weight is 274 g/mol. The van der Waals surface area contributed by atoms with Crippen molar-refractivity contribution in [1.29, 1.82) is 0 Å². The van der Waals surface area contributed by atoms with Crippen LogP contribution in [0.25, 0.3) is 5.76 Å². The third kappa shape index (κ3) is 2.55. The van der Waals surface area contributed by atoms with Crippen LogP contribution < -0.4 is 4.74 Å². The molecule has 0 atom stereocenters. The van der Waals surface area contributed by atoms with E-state index in [2.05, 4.69) is 6.07 Å². The summed E-state index contributed by atoms with van der Waals surface area (Å²) in [4.78, 5) is 0. The van der Waals surface area contributed by atoms with Crippen LogP contribution in [-0.4, -0.2) is 25.4 Å². The summed E-state index contributed by atoms with van der Waals surface area (Å²) in [5, 5.41) is 10.7. The molecule has 3 rings (SSSR count). The lowest BCUT2D eigenvalue weighted by molar-refractivity contribution is 0.0746. The minimum absolute atomic E-state index is 0.483. The Labute approximate surface area is 120 Å². The summed E-state index contributed by atoms with van der Waals surface area (Å²) in [6.45, 7) is 1.63. The molecule has 0 radical (unpaired) electrons. The minimum atomic E-state index is 0.483. The highest BCUT2D eigenvalue weighted by Crippen LogP contribution is 2.37. The molecule has 108 valence electrons. The summed E-state index contributed by atoms with van der Waals surface area (Å²) in [7, 11) is 1.68. The molecule has 0 bridgehead atoms. The summed E-state index contributed by atoms with van der Waals surface area (Å²) < 4.78 is 10.7. The van der Waals surface area contributed by atoms with Crippen LogP contribution in [0.1, 0.15) is 36.8 Å². The summed E-state index contributed by atoms with van der Waals surface area (Å²) >= 11 is 0. The standard InChI is InChI=1S/C17H22O3/c1-19-14-5-6-16-13(11-14)3-2-4-15(17(16)18)12-7-9-20-10-8-12/h5-6,11-12,18H,2-4,7-10H2,1H3. The summed E-state index contributed by atoms with van der Waals surface area (Å²) in [6.07, 6.45) is 5.16. The molecule has 1 N–H and O–H groups in total. The van der Waals surface area contributed by atoms with Gasteiger partial charge in [0.25, 0.3) is 0 Å². The quantitative estimate of drug-likeness (QED) is 0.893. The van der Waals surface area contributed by atoms with E-state index in [1.807, 2.05) is 12.1 Å². The fourth-order valence-electron chi connectivity index (χ4n) is 3.34. The number of benzene rings is 1. The van der Waals surface area contributed by atoms with Gasteiger partial charge in [-0.3, -0.25) is 0 Å². The van der Waals surface area contributed by atoms with Gasteiger partial charge in [-0.15, -0.1) is 0 Å². The van der Waals surface area contributed by atoms with Crippen LogP contribution >= 0.6 is 0 Å². The second-order valence-corrected chi connectivity index (χ2v) is 5.64. The molecule has 1 heterocycles. The smallest absolute Gasteiger partial charge is 0.122 e. The molecule has 1 saturated heterocycles. The van der Waals surface area contributed by atoms with Crippen LogP contribution in [0.2, 0.25) is 0 Å². The van der Waals surface area contributed by atoms with Gasteiger partial charge in [0.1, 0.15) is 11.5 Å². The first kappa shape index (κ1) is 13.5. The molecule has 1 aromatic carbocycles. The van der Waals surface area contributed by atoms with Crippen molar-refractivity contribution in [2.24, 2.45) is 5.92 Å². The van der Waals surface area contributed by atoms with E-state index in [-0.39, 0.29) is 0 Å². The van der Waals surface area contributed by atoms with Crippen molar-refractivity contribution in [1.82, 2.24) is 0 Å². The highest BCUT2D eigenvalue weighted by molar-refractivity contribution is 5.67. The van der Waals surface area contributed by atoms with Crippen LogP contribution in [-0.2, 0) is 11.2 Å². The van der Waals surface area contributed by atoms with Gasteiger partial charge in [-0.1, -0.05) is 0 Å². The van der Waals surface area contributed by atoms with Crippen molar-refractivity contribution in [2.75, 3.05) is 20.3 Å². The number of hydrogen-bond acceptors (Lipinski definition) is 3. The van der Waals surface area contributed by atoms with Crippen LogP contribution in [0, 0.1) is 5.92 Å². The van der Waals surface area contributed by atoms with E-state index < -0.39 is 0 Å². The van der Waals surface area contributed by atoms with E-state index >= 15 is 0 Å². The third-order valence-electron chi connectivity index (χ3n) is 4.48. The number of allylic oxidation sites excluding steroid dienone is 1. The van der Waals surface area contributed by atoms with E-state index in [9.17, 15) is 5.11 Å². The topological polar surface area (TPSA) is 38.7 Å². The number of fused-ring (bicyclic) bond motifs is 1. The molecule has 3 heteroatoms. The lowest BCUT2D eigenvalue weighted by Crippen LogP contribution is -2.18. The van der Waals surface area contributed by atoms with E-state index in [0.29, 0.717) is 11.7 Å². The third-order valence-corrected chi connectivity index (χ3v) is 4.48. The molecular formula is C17H22O3. The first-order valence-electron chi connectivity index (χ1n) is 7.46. The zero-order chi connectivity index (χ0) is 13.9. The molecule has 1 aliphatic carbocycles. The molecule has 0 spiro atoms. The highest BCUT2D eigenvalue weighted by atomic mass is 16.5. The largest absolute Gasteiger partial charge is 0.507 e. The van der Waals surface area contributed by atoms with Gasteiger partial charge in [0, 0.05) is 18.8 Å². The minimum Gasteiger partial charge on any atom is -0.507 e. The van der Waals surface area contributed by atoms with Crippen molar-refractivity contribution in [2.45, 2.75) is 32.1 Å². The van der Waals surface area contributed by atoms with Crippen molar-refractivity contribution in [3.8, 4) is 5.75 Å². The molecule has 3 nitrogen and oxygen atoms in total. The Balaban J connectivity index is 1.97. The fourth-order valence-corrected chi connectivity index (χ4v) is 3.34. The molecule has 1 aliphatic heterocycles. The molecule has 0 saturated carbocycles. The zero-order valence-corrected chi connectivity index (χ0v) is 12.0. The second-order valence-electron chi connectivity index (χ2n) is 5.64. The van der Waals surface area contributed by atoms with Crippen LogP contribution in [0.5, 0.6) is 5.75 Å². The number of methoxy groups -OCH3 is 1. The monoisotopic (exact) mass is 274 g/mol. The summed E-state index contributed by atoms with van der Waals surface area (Å²) in [6, 6.07) is 5.98. The van der Waals surface area contributed by atoms with E-state index in [1.54, 1.807) is 7.11 Å². The summed E-state index contributed by atoms with van der Waals surface area (Å²) in [5.41, 5.74) is 3.42. The molecule has 2 aliphatic rings. The van der Waals surface area contributed by atoms with Crippen molar-refractivity contribution in [3.63, 3.8) is 0 Å². The maximum Gasteiger partial charge on any atom is 0.122 e. The average Bonchev–Trinajstić information content (AvgIpc) is 2.67. The molecule has 0 amide bonds. The first-order valence-corrected chi connectivity index (χ1v) is 7.46. The lowest BCUT2D eigenvalue weighted by Gasteiger charge is -2.25. The molecule has 1 aromatic rings. The van der Waals surface area contributed by atoms with Gasteiger partial charge in [0.15, 0.2) is 0 Å². The lowest BCUT2D eigenvalue weighted by atomic mass is 9.87. The second kappa shape index (κ2) is 5.88. The van der Waals surface area contributed by atoms with E-state index in [4.69, 9.17) is 9.47 Å². The number of ether oxygens (including phenoxy) is 2. The molecule has 1 fully saturated rings. The Morgan fingerprint density at radius 3 is 2.75 bits per heavy atom. The molecule has 0 unspecified atom stereocenters. The fraction of sp³-hybridized carbons (Fsp3) is 0.529. The Hall–Kier alpha value is -1.48. The number of aliphatic hydroxyl groups is 1. The van der Waals surface area contributed by atoms with Gasteiger partial charge in [-0.25, -0.2) is 0 Å². The van der Waals surface area contributed by atoms with E-state index in [0.717, 1.165) is 56.6 Å². The van der Waals surface area contributed by atoms with Crippen LogP contribution in [0.4, 0.5) is 0 Å². The predicted octanol–water partition coefficient (Wildman–Crippen LogP) is 3.73. The number of rotatable bonds is 2. The van der Waals surface area contributed by atoms with Gasteiger partial charge in [0.05, 0.1) is 7.11 Å².